The van der Waals surface area contributed by atoms with Crippen molar-refractivity contribution in [3.8, 4) is 5.75 Å². The molecule has 0 aliphatic carbocycles. The smallest absolute Gasteiger partial charge is 0.183 e. The van der Waals surface area contributed by atoms with E-state index in [2.05, 4.69) is 5.32 Å². The zero-order chi connectivity index (χ0) is 14.4. The molecule has 0 saturated carbocycles. The fourth-order valence-electron chi connectivity index (χ4n) is 1.90. The number of nitrogens with one attached hydrogen (secondary N) is 1. The lowest BCUT2D eigenvalue weighted by atomic mass is 10.1. The average Bonchev–Trinajstić information content (AvgIpc) is 2.48. The molecular formula is C16H17ClFNO. The molecule has 1 N–H and O–H groups in total. The minimum atomic E-state index is -0.522. The van der Waals surface area contributed by atoms with Gasteiger partial charge in [-0.2, -0.15) is 0 Å². The number of hydrogen-bond acceptors (Lipinski definition) is 2. The molecule has 0 heterocycles. The van der Waals surface area contributed by atoms with E-state index in [0.29, 0.717) is 6.54 Å². The Balaban J connectivity index is 2.21. The summed E-state index contributed by atoms with van der Waals surface area (Å²) < 4.78 is 19.7. The maximum atomic E-state index is 13.9. The summed E-state index contributed by atoms with van der Waals surface area (Å²) in [6.45, 7) is 3.44. The summed E-state index contributed by atoms with van der Waals surface area (Å²) in [7, 11) is 0. The lowest BCUT2D eigenvalue weighted by Crippen LogP contribution is -2.25. The Kier molecular flexibility index (Phi) is 5.39. The molecule has 4 heteroatoms. The summed E-state index contributed by atoms with van der Waals surface area (Å²) >= 11 is 5.78. The van der Waals surface area contributed by atoms with Crippen LogP contribution in [0.5, 0.6) is 5.75 Å². The highest BCUT2D eigenvalue weighted by atomic mass is 35.5. The van der Waals surface area contributed by atoms with Crippen LogP contribution in [-0.4, -0.2) is 13.1 Å². The molecule has 2 rings (SSSR count). The molecular weight excluding hydrogens is 277 g/mol. The van der Waals surface area contributed by atoms with E-state index in [4.69, 9.17) is 16.3 Å². The van der Waals surface area contributed by atoms with Crippen molar-refractivity contribution in [1.29, 1.82) is 0 Å². The predicted octanol–water partition coefficient (Wildman–Crippen LogP) is 4.21. The maximum absolute atomic E-state index is 13.9. The Labute approximate surface area is 123 Å². The molecule has 106 valence electrons. The summed E-state index contributed by atoms with van der Waals surface area (Å²) in [5.41, 5.74) is 0.993. The van der Waals surface area contributed by atoms with Gasteiger partial charge in [0.2, 0.25) is 0 Å². The molecule has 0 aliphatic rings. The summed E-state index contributed by atoms with van der Waals surface area (Å²) in [5.74, 6) is -0.351. The Morgan fingerprint density at radius 1 is 1.15 bits per heavy atom. The van der Waals surface area contributed by atoms with E-state index in [1.165, 1.54) is 6.07 Å². The molecule has 0 aliphatic heterocycles. The van der Waals surface area contributed by atoms with E-state index in [1.54, 1.807) is 12.1 Å². The van der Waals surface area contributed by atoms with E-state index in [0.717, 1.165) is 12.1 Å². The molecule has 2 nitrogen and oxygen atoms in total. The largest absolute Gasteiger partial charge is 0.481 e. The standard InChI is InChI=1S/C16H17ClFNO/c1-2-19-11-15(12-7-4-3-5-8-12)20-14-10-6-9-13(17)16(14)18/h3-10,15,19H,2,11H2,1H3. The van der Waals surface area contributed by atoms with Crippen LogP contribution < -0.4 is 10.1 Å². The van der Waals surface area contributed by atoms with Crippen molar-refractivity contribution in [3.63, 3.8) is 0 Å². The second-order valence-corrected chi connectivity index (χ2v) is 4.78. The van der Waals surface area contributed by atoms with Crippen molar-refractivity contribution < 1.29 is 9.13 Å². The van der Waals surface area contributed by atoms with Gasteiger partial charge in [0.1, 0.15) is 6.10 Å². The monoisotopic (exact) mass is 293 g/mol. The van der Waals surface area contributed by atoms with Crippen molar-refractivity contribution in [2.75, 3.05) is 13.1 Å². The van der Waals surface area contributed by atoms with Gasteiger partial charge in [-0.25, -0.2) is 4.39 Å². The molecule has 0 spiro atoms. The van der Waals surface area contributed by atoms with Gasteiger partial charge >= 0.3 is 0 Å². The fraction of sp³-hybridized carbons (Fsp3) is 0.250. The van der Waals surface area contributed by atoms with Gasteiger partial charge in [0.05, 0.1) is 5.02 Å². The van der Waals surface area contributed by atoms with Gasteiger partial charge in [0.25, 0.3) is 0 Å². The molecule has 0 amide bonds. The Morgan fingerprint density at radius 3 is 2.60 bits per heavy atom. The van der Waals surface area contributed by atoms with E-state index in [1.807, 2.05) is 37.3 Å². The van der Waals surface area contributed by atoms with Gasteiger partial charge in [-0.15, -0.1) is 0 Å². The first-order valence-electron chi connectivity index (χ1n) is 6.58. The van der Waals surface area contributed by atoms with Crippen LogP contribution >= 0.6 is 11.6 Å². The predicted molar refractivity (Wildman–Crippen MR) is 79.8 cm³/mol. The normalized spacial score (nSPS) is 12.2. The highest BCUT2D eigenvalue weighted by Crippen LogP contribution is 2.28. The van der Waals surface area contributed by atoms with Crippen LogP contribution in [0.4, 0.5) is 4.39 Å². The van der Waals surface area contributed by atoms with Gasteiger partial charge in [0, 0.05) is 6.54 Å². The topological polar surface area (TPSA) is 21.3 Å². The summed E-state index contributed by atoms with van der Waals surface area (Å²) in [6, 6.07) is 14.5. The van der Waals surface area contributed by atoms with Gasteiger partial charge < -0.3 is 10.1 Å². The zero-order valence-electron chi connectivity index (χ0n) is 11.3. The number of likely N-dealkylation sites (N-methyl/N-ethyl adjacent to an activating group) is 1. The Bertz CT molecular complexity index is 547. The Morgan fingerprint density at radius 2 is 1.90 bits per heavy atom. The van der Waals surface area contributed by atoms with Crippen molar-refractivity contribution in [2.24, 2.45) is 0 Å². The van der Waals surface area contributed by atoms with E-state index in [9.17, 15) is 4.39 Å². The van der Waals surface area contributed by atoms with Gasteiger partial charge in [-0.05, 0) is 24.2 Å². The minimum absolute atomic E-state index is 0.0674. The first-order valence-corrected chi connectivity index (χ1v) is 6.96. The zero-order valence-corrected chi connectivity index (χ0v) is 12.0. The molecule has 1 unspecified atom stereocenters. The molecule has 0 fully saturated rings. The van der Waals surface area contributed by atoms with Crippen molar-refractivity contribution in [2.45, 2.75) is 13.0 Å². The van der Waals surface area contributed by atoms with Crippen LogP contribution in [0.25, 0.3) is 0 Å². The van der Waals surface area contributed by atoms with Crippen molar-refractivity contribution in [1.82, 2.24) is 5.32 Å². The van der Waals surface area contributed by atoms with Crippen LogP contribution in [0.2, 0.25) is 5.02 Å². The number of halogens is 2. The van der Waals surface area contributed by atoms with E-state index < -0.39 is 5.82 Å². The number of ether oxygens (including phenoxy) is 1. The molecule has 2 aromatic rings. The lowest BCUT2D eigenvalue weighted by molar-refractivity contribution is 0.194. The summed E-state index contributed by atoms with van der Waals surface area (Å²) in [6.07, 6.45) is -0.260. The first-order chi connectivity index (χ1) is 9.72. The summed E-state index contributed by atoms with van der Waals surface area (Å²) in [5, 5.41) is 3.29. The Hall–Kier alpha value is -1.58. The highest BCUT2D eigenvalue weighted by molar-refractivity contribution is 6.30. The van der Waals surface area contributed by atoms with Crippen LogP contribution in [0, 0.1) is 5.82 Å². The number of hydrogen-bond donors (Lipinski definition) is 1. The highest BCUT2D eigenvalue weighted by Gasteiger charge is 2.16. The minimum Gasteiger partial charge on any atom is -0.481 e. The second-order valence-electron chi connectivity index (χ2n) is 4.38. The van der Waals surface area contributed by atoms with Crippen LogP contribution in [-0.2, 0) is 0 Å². The average molecular weight is 294 g/mol. The van der Waals surface area contributed by atoms with Crippen LogP contribution in [0.15, 0.2) is 48.5 Å². The number of benzene rings is 2. The van der Waals surface area contributed by atoms with Gasteiger partial charge in [0.15, 0.2) is 11.6 Å². The maximum Gasteiger partial charge on any atom is 0.183 e. The first kappa shape index (κ1) is 14.8. The quantitative estimate of drug-likeness (QED) is 0.861. The molecule has 0 aromatic heterocycles. The molecule has 0 radical (unpaired) electrons. The third kappa shape index (κ3) is 3.71. The van der Waals surface area contributed by atoms with Crippen molar-refractivity contribution in [3.05, 3.63) is 64.9 Å². The van der Waals surface area contributed by atoms with Crippen LogP contribution in [0.1, 0.15) is 18.6 Å². The molecule has 2 aromatic carbocycles. The van der Waals surface area contributed by atoms with E-state index >= 15 is 0 Å². The third-order valence-electron chi connectivity index (χ3n) is 2.94. The summed E-state index contributed by atoms with van der Waals surface area (Å²) in [4.78, 5) is 0. The SMILES string of the molecule is CCNCC(Oc1cccc(Cl)c1F)c1ccccc1. The molecule has 0 saturated heterocycles. The fourth-order valence-corrected chi connectivity index (χ4v) is 2.06. The van der Waals surface area contributed by atoms with Gasteiger partial charge in [-0.1, -0.05) is 54.9 Å². The lowest BCUT2D eigenvalue weighted by Gasteiger charge is -2.20. The molecule has 1 atom stereocenters. The van der Waals surface area contributed by atoms with Crippen molar-refractivity contribution >= 4 is 11.6 Å². The molecule has 20 heavy (non-hydrogen) atoms. The molecule has 0 bridgehead atoms. The van der Waals surface area contributed by atoms with Gasteiger partial charge in [-0.3, -0.25) is 0 Å². The second kappa shape index (κ2) is 7.27. The van der Waals surface area contributed by atoms with E-state index in [-0.39, 0.29) is 16.9 Å². The third-order valence-corrected chi connectivity index (χ3v) is 3.23. The number of rotatable bonds is 6. The van der Waals surface area contributed by atoms with Crippen LogP contribution in [0.3, 0.4) is 0 Å².